The van der Waals surface area contributed by atoms with Crippen molar-refractivity contribution in [2.75, 3.05) is 45.9 Å². The number of likely N-dealkylation sites (tertiary alicyclic amines) is 1. The summed E-state index contributed by atoms with van der Waals surface area (Å²) < 4.78 is 11.0. The molecule has 49 heavy (non-hydrogen) atoms. The minimum Gasteiger partial charge on any atom is -0.483 e. The van der Waals surface area contributed by atoms with E-state index < -0.39 is 36.0 Å². The smallest absolute Gasteiger partial charge is 0.409 e. The van der Waals surface area contributed by atoms with Gasteiger partial charge in [-0.1, -0.05) is 6.07 Å². The maximum absolute atomic E-state index is 13.6. The van der Waals surface area contributed by atoms with Crippen LogP contribution in [0.5, 0.6) is 5.75 Å². The Morgan fingerprint density at radius 2 is 1.71 bits per heavy atom. The van der Waals surface area contributed by atoms with E-state index in [9.17, 15) is 33.9 Å². The second kappa shape index (κ2) is 16.0. The molecule has 0 radical (unpaired) electrons. The summed E-state index contributed by atoms with van der Waals surface area (Å²) in [6.07, 6.45) is 3.27. The molecule has 0 unspecified atom stereocenters. The Kier molecular flexibility index (Phi) is 11.5. The number of hydrogen-bond acceptors (Lipinski definition) is 9. The van der Waals surface area contributed by atoms with E-state index in [0.29, 0.717) is 30.3 Å². The van der Waals surface area contributed by atoms with Crippen molar-refractivity contribution in [1.82, 2.24) is 30.3 Å². The highest BCUT2D eigenvalue weighted by molar-refractivity contribution is 5.99. The minimum atomic E-state index is -1.17. The number of carbonyl (C=O) groups excluding carboxylic acids is 5. The lowest BCUT2D eigenvalue weighted by Gasteiger charge is -2.35. The number of aromatic nitrogens is 1. The van der Waals surface area contributed by atoms with Crippen LogP contribution in [0, 0.1) is 6.92 Å². The number of nitrogens with one attached hydrogen (secondary N) is 2. The van der Waals surface area contributed by atoms with Gasteiger partial charge in [0, 0.05) is 56.6 Å². The number of fused-ring (bicyclic) bond motifs is 1. The van der Waals surface area contributed by atoms with Gasteiger partial charge in [0.25, 0.3) is 11.8 Å². The lowest BCUT2D eigenvalue weighted by atomic mass is 9.93. The molecule has 3 aliphatic rings. The Hall–Kier alpha value is -4.95. The number of carbonyl (C=O) groups is 6. The van der Waals surface area contributed by atoms with Crippen LogP contribution in [-0.2, 0) is 23.9 Å². The van der Waals surface area contributed by atoms with E-state index in [0.717, 1.165) is 24.8 Å². The van der Waals surface area contributed by atoms with E-state index in [1.54, 1.807) is 24.0 Å². The number of aryl methyl sites for hydroxylation is 1. The van der Waals surface area contributed by atoms with Gasteiger partial charge in [0.2, 0.25) is 11.8 Å². The number of nitrogens with zero attached hydrogens (tertiary/aromatic N) is 4. The summed E-state index contributed by atoms with van der Waals surface area (Å²) in [5, 5.41) is 15.6. The zero-order valence-electron chi connectivity index (χ0n) is 27.9. The molecule has 15 nitrogen and oxygen atoms in total. The largest absolute Gasteiger partial charge is 0.483 e. The van der Waals surface area contributed by atoms with Crippen LogP contribution in [0.15, 0.2) is 24.3 Å². The topological polar surface area (TPSA) is 188 Å². The molecule has 1 aliphatic carbocycles. The molecule has 3 fully saturated rings. The summed E-state index contributed by atoms with van der Waals surface area (Å²) >= 11 is 0. The predicted octanol–water partition coefficient (Wildman–Crippen LogP) is 1.85. The number of pyridine rings is 1. The molecule has 0 bridgehead atoms. The Balaban J connectivity index is 1.29. The fourth-order valence-corrected chi connectivity index (χ4v) is 6.25. The number of aliphatic carboxylic acids is 1. The lowest BCUT2D eigenvalue weighted by Crippen LogP contribution is -2.56. The normalized spacial score (nSPS) is 18.4. The number of rotatable bonds is 12. The highest BCUT2D eigenvalue weighted by atomic mass is 16.6. The third kappa shape index (κ3) is 8.75. The van der Waals surface area contributed by atoms with E-state index >= 15 is 0 Å². The fraction of sp³-hybridized carbons (Fsp3) is 0.559. The molecule has 5 rings (SSSR count). The van der Waals surface area contributed by atoms with Crippen molar-refractivity contribution in [2.24, 2.45) is 0 Å². The summed E-state index contributed by atoms with van der Waals surface area (Å²) in [5.74, 6) is -2.59. The SMILES string of the molecule is CCOC(=O)N1CCN(C(=O)[C@H](CCC(=O)O)NC(=O)c2cc(OCC(=O)N3CCC[C@H]3C(=O)NC3CCC3)c3ccc(C)cc3n2)CC1. The van der Waals surface area contributed by atoms with E-state index in [-0.39, 0.29) is 81.5 Å². The molecule has 1 aromatic heterocycles. The van der Waals surface area contributed by atoms with Crippen LogP contribution in [0.1, 0.15) is 67.9 Å². The third-order valence-electron chi connectivity index (χ3n) is 9.21. The van der Waals surface area contributed by atoms with Gasteiger partial charge >= 0.3 is 12.1 Å². The van der Waals surface area contributed by atoms with Crippen LogP contribution in [0.2, 0.25) is 0 Å². The molecule has 1 aromatic carbocycles. The second-order valence-corrected chi connectivity index (χ2v) is 12.7. The number of carboxylic acids is 1. The molecule has 0 spiro atoms. The lowest BCUT2D eigenvalue weighted by molar-refractivity contribution is -0.140. The van der Waals surface area contributed by atoms with Crippen LogP contribution >= 0.6 is 0 Å². The molecule has 2 saturated heterocycles. The number of hydrogen-bond donors (Lipinski definition) is 3. The number of benzene rings is 1. The average Bonchev–Trinajstić information content (AvgIpc) is 3.57. The Bertz CT molecular complexity index is 1590. The molecule has 2 atom stereocenters. The van der Waals surface area contributed by atoms with Crippen molar-refractivity contribution >= 4 is 46.6 Å². The molecule has 2 aliphatic heterocycles. The van der Waals surface area contributed by atoms with E-state index in [2.05, 4.69) is 15.6 Å². The predicted molar refractivity (Wildman–Crippen MR) is 176 cm³/mol. The van der Waals surface area contributed by atoms with Gasteiger partial charge in [-0.2, -0.15) is 0 Å². The first-order chi connectivity index (χ1) is 23.5. The Labute approximate surface area is 284 Å². The summed E-state index contributed by atoms with van der Waals surface area (Å²) in [5.41, 5.74) is 1.21. The molecule has 3 N–H and O–H groups in total. The average molecular weight is 681 g/mol. The monoisotopic (exact) mass is 680 g/mol. The van der Waals surface area contributed by atoms with Gasteiger partial charge in [0.15, 0.2) is 6.61 Å². The van der Waals surface area contributed by atoms with Crippen LogP contribution in [0.4, 0.5) is 4.79 Å². The Morgan fingerprint density at radius 3 is 2.39 bits per heavy atom. The van der Waals surface area contributed by atoms with Gasteiger partial charge in [-0.25, -0.2) is 9.78 Å². The van der Waals surface area contributed by atoms with Crippen LogP contribution in [0.3, 0.4) is 0 Å². The summed E-state index contributed by atoms with van der Waals surface area (Å²) in [4.78, 5) is 85.9. The number of ether oxygens (including phenoxy) is 2. The fourth-order valence-electron chi connectivity index (χ4n) is 6.25. The second-order valence-electron chi connectivity index (χ2n) is 12.7. The maximum atomic E-state index is 13.6. The van der Waals surface area contributed by atoms with Gasteiger partial charge in [-0.15, -0.1) is 0 Å². The number of carboxylic acid groups (broad SMARTS) is 1. The molecule has 3 heterocycles. The first kappa shape index (κ1) is 35.4. The molecule has 5 amide bonds. The molecular formula is C34H44N6O9. The van der Waals surface area contributed by atoms with Crippen LogP contribution < -0.4 is 15.4 Å². The zero-order chi connectivity index (χ0) is 35.1. The minimum absolute atomic E-state index is 0.0836. The summed E-state index contributed by atoms with van der Waals surface area (Å²) in [6.45, 7) is 4.73. The van der Waals surface area contributed by atoms with Crippen LogP contribution in [0.25, 0.3) is 10.9 Å². The molecular weight excluding hydrogens is 636 g/mol. The van der Waals surface area contributed by atoms with Gasteiger partial charge in [-0.05, 0) is 70.1 Å². The number of amides is 5. The number of piperazine rings is 1. The van der Waals surface area contributed by atoms with Crippen molar-refractivity contribution in [3.05, 3.63) is 35.5 Å². The Morgan fingerprint density at radius 1 is 0.980 bits per heavy atom. The first-order valence-corrected chi connectivity index (χ1v) is 16.9. The molecule has 1 saturated carbocycles. The van der Waals surface area contributed by atoms with Crippen molar-refractivity contribution in [2.45, 2.75) is 76.9 Å². The van der Waals surface area contributed by atoms with Gasteiger partial charge in [-0.3, -0.25) is 24.0 Å². The van der Waals surface area contributed by atoms with Crippen molar-refractivity contribution in [3.63, 3.8) is 0 Å². The standard InChI is InChI=1S/C34H44N6O9/c1-3-48-34(47)39-16-14-38(15-17-39)33(46)24(11-12-30(42)43)37-31(44)26-19-28(23-10-9-21(2)18-25(23)36-26)49-20-29(41)40-13-5-8-27(40)32(45)35-22-6-4-7-22/h9-10,18-19,22,24,27H,3-8,11-17,20H2,1-2H3,(H,35,45)(H,37,44)(H,42,43)/t24-,27-/m0/s1. The van der Waals surface area contributed by atoms with E-state index in [4.69, 9.17) is 9.47 Å². The highest BCUT2D eigenvalue weighted by Gasteiger charge is 2.36. The maximum Gasteiger partial charge on any atom is 0.409 e. The van der Waals surface area contributed by atoms with Crippen LogP contribution in [-0.4, -0.2) is 125 Å². The van der Waals surface area contributed by atoms with Gasteiger partial charge < -0.3 is 39.9 Å². The molecule has 15 heteroatoms. The highest BCUT2D eigenvalue weighted by Crippen LogP contribution is 2.28. The van der Waals surface area contributed by atoms with Crippen molar-refractivity contribution in [3.8, 4) is 5.75 Å². The van der Waals surface area contributed by atoms with Crippen molar-refractivity contribution in [1.29, 1.82) is 0 Å². The first-order valence-electron chi connectivity index (χ1n) is 16.9. The van der Waals surface area contributed by atoms with Crippen molar-refractivity contribution < 1.29 is 43.3 Å². The summed E-state index contributed by atoms with van der Waals surface area (Å²) in [6, 6.07) is 5.22. The molecule has 264 valence electrons. The third-order valence-corrected chi connectivity index (χ3v) is 9.21. The zero-order valence-corrected chi connectivity index (χ0v) is 27.9. The van der Waals surface area contributed by atoms with E-state index in [1.165, 1.54) is 15.9 Å². The summed E-state index contributed by atoms with van der Waals surface area (Å²) in [7, 11) is 0. The van der Waals surface area contributed by atoms with Gasteiger partial charge in [0.05, 0.1) is 12.1 Å². The van der Waals surface area contributed by atoms with Gasteiger partial charge in [0.1, 0.15) is 23.5 Å². The van der Waals surface area contributed by atoms with E-state index in [1.807, 2.05) is 13.0 Å². The quantitative estimate of drug-likeness (QED) is 0.299. The molecule has 2 aromatic rings.